The summed E-state index contributed by atoms with van der Waals surface area (Å²) < 4.78 is 5.45. The summed E-state index contributed by atoms with van der Waals surface area (Å²) >= 11 is 0. The minimum atomic E-state index is -0.762. The van der Waals surface area contributed by atoms with Gasteiger partial charge in [0.25, 0.3) is 0 Å². The molecule has 0 aromatic heterocycles. The van der Waals surface area contributed by atoms with E-state index in [2.05, 4.69) is 10.6 Å². The molecule has 1 aliphatic carbocycles. The number of aliphatic carboxylic acids is 1. The number of rotatable bonds is 9. The van der Waals surface area contributed by atoms with Crippen molar-refractivity contribution in [3.8, 4) is 0 Å². The van der Waals surface area contributed by atoms with E-state index in [4.69, 9.17) is 9.84 Å². The fraction of sp³-hybridized carbons (Fsp3) is 0.867. The van der Waals surface area contributed by atoms with Crippen molar-refractivity contribution < 1.29 is 19.4 Å². The molecular weight excluding hydrogens is 272 g/mol. The molecule has 21 heavy (non-hydrogen) atoms. The second kappa shape index (κ2) is 8.87. The summed E-state index contributed by atoms with van der Waals surface area (Å²) in [5.41, 5.74) is 0. The van der Waals surface area contributed by atoms with Gasteiger partial charge in [0.1, 0.15) is 0 Å². The summed E-state index contributed by atoms with van der Waals surface area (Å²) in [6, 6.07) is 0.114. The molecule has 0 aliphatic heterocycles. The van der Waals surface area contributed by atoms with Crippen LogP contribution in [0.1, 0.15) is 52.9 Å². The molecule has 2 amide bonds. The number of carbonyl (C=O) groups excluding carboxylic acids is 1. The van der Waals surface area contributed by atoms with Gasteiger partial charge in [0, 0.05) is 18.7 Å². The third kappa shape index (κ3) is 6.80. The van der Waals surface area contributed by atoms with E-state index < -0.39 is 5.97 Å². The molecular formula is C15H28N2O4. The fourth-order valence-electron chi connectivity index (χ4n) is 2.43. The molecule has 0 aromatic rings. The Balaban J connectivity index is 2.07. The van der Waals surface area contributed by atoms with Gasteiger partial charge >= 0.3 is 12.0 Å². The first kappa shape index (κ1) is 17.8. The Kier molecular flexibility index (Phi) is 7.50. The Morgan fingerprint density at radius 2 is 1.95 bits per heavy atom. The van der Waals surface area contributed by atoms with Crippen LogP contribution in [0.2, 0.25) is 0 Å². The average Bonchev–Trinajstić information content (AvgIpc) is 2.35. The highest BCUT2D eigenvalue weighted by molar-refractivity contribution is 5.74. The van der Waals surface area contributed by atoms with Crippen LogP contribution in [0.5, 0.6) is 0 Å². The second-order valence-corrected chi connectivity index (χ2v) is 5.93. The van der Waals surface area contributed by atoms with Crippen molar-refractivity contribution in [3.05, 3.63) is 0 Å². The quantitative estimate of drug-likeness (QED) is 0.609. The Morgan fingerprint density at radius 3 is 2.52 bits per heavy atom. The highest BCUT2D eigenvalue weighted by atomic mass is 16.5. The summed E-state index contributed by atoms with van der Waals surface area (Å²) in [7, 11) is 0. The smallest absolute Gasteiger partial charge is 0.315 e. The molecule has 122 valence electrons. The van der Waals surface area contributed by atoms with E-state index in [-0.39, 0.29) is 30.1 Å². The van der Waals surface area contributed by atoms with Gasteiger partial charge in [-0.2, -0.15) is 0 Å². The first-order valence-corrected chi connectivity index (χ1v) is 7.83. The van der Waals surface area contributed by atoms with Crippen LogP contribution in [0.3, 0.4) is 0 Å². The Labute approximate surface area is 126 Å². The van der Waals surface area contributed by atoms with Gasteiger partial charge in [-0.25, -0.2) is 4.79 Å². The lowest BCUT2D eigenvalue weighted by atomic mass is 9.89. The first-order chi connectivity index (χ1) is 9.92. The maximum Gasteiger partial charge on any atom is 0.315 e. The standard InChI is InChI=1S/C15H28N2O4/c1-4-21-13-8-12(9-13)17-15(20)16-11(3)7-5-6-10(2)14(18)19/h10-13H,4-9H2,1-3H3,(H,18,19)(H2,16,17,20). The highest BCUT2D eigenvalue weighted by Crippen LogP contribution is 2.23. The number of urea groups is 1. The third-order valence-corrected chi connectivity index (χ3v) is 3.91. The molecule has 0 bridgehead atoms. The van der Waals surface area contributed by atoms with Crippen molar-refractivity contribution in [1.82, 2.24) is 10.6 Å². The summed E-state index contributed by atoms with van der Waals surface area (Å²) in [5.74, 6) is -1.08. The first-order valence-electron chi connectivity index (χ1n) is 7.83. The lowest BCUT2D eigenvalue weighted by molar-refractivity contribution is -0.141. The van der Waals surface area contributed by atoms with E-state index in [0.29, 0.717) is 6.42 Å². The molecule has 1 aliphatic rings. The second-order valence-electron chi connectivity index (χ2n) is 5.93. The van der Waals surface area contributed by atoms with Gasteiger partial charge in [0.15, 0.2) is 0 Å². The number of carboxylic acids is 1. The summed E-state index contributed by atoms with van der Waals surface area (Å²) in [6.07, 6.45) is 4.27. The Hall–Kier alpha value is -1.30. The number of hydrogen-bond donors (Lipinski definition) is 3. The van der Waals surface area contributed by atoms with Gasteiger partial charge in [0.2, 0.25) is 0 Å². The van der Waals surface area contributed by atoms with Gasteiger partial charge in [-0.1, -0.05) is 13.3 Å². The largest absolute Gasteiger partial charge is 0.481 e. The molecule has 3 N–H and O–H groups in total. The van der Waals surface area contributed by atoms with Crippen molar-refractivity contribution in [2.45, 2.75) is 71.1 Å². The van der Waals surface area contributed by atoms with E-state index in [9.17, 15) is 9.59 Å². The SMILES string of the molecule is CCOC1CC(NC(=O)NC(C)CCCC(C)C(=O)O)C1. The van der Waals surface area contributed by atoms with Crippen LogP contribution in [0.4, 0.5) is 4.79 Å². The molecule has 0 heterocycles. The maximum absolute atomic E-state index is 11.8. The Bertz CT molecular complexity index is 343. The highest BCUT2D eigenvalue weighted by Gasteiger charge is 2.30. The van der Waals surface area contributed by atoms with Gasteiger partial charge in [-0.15, -0.1) is 0 Å². The molecule has 2 unspecified atom stereocenters. The van der Waals surface area contributed by atoms with Crippen LogP contribution >= 0.6 is 0 Å². The minimum Gasteiger partial charge on any atom is -0.481 e. The number of carboxylic acid groups (broad SMARTS) is 1. The topological polar surface area (TPSA) is 87.7 Å². The number of nitrogens with one attached hydrogen (secondary N) is 2. The van der Waals surface area contributed by atoms with Crippen LogP contribution in [-0.4, -0.2) is 41.9 Å². The van der Waals surface area contributed by atoms with E-state index in [1.165, 1.54) is 0 Å². The van der Waals surface area contributed by atoms with Crippen LogP contribution in [0, 0.1) is 5.92 Å². The molecule has 6 heteroatoms. The van der Waals surface area contributed by atoms with E-state index in [1.54, 1.807) is 6.92 Å². The van der Waals surface area contributed by atoms with Gasteiger partial charge in [-0.3, -0.25) is 4.79 Å². The molecule has 1 fully saturated rings. The fourth-order valence-corrected chi connectivity index (χ4v) is 2.43. The third-order valence-electron chi connectivity index (χ3n) is 3.91. The molecule has 1 saturated carbocycles. The molecule has 0 aromatic carbocycles. The average molecular weight is 300 g/mol. The monoisotopic (exact) mass is 300 g/mol. The van der Waals surface area contributed by atoms with Crippen molar-refractivity contribution in [3.63, 3.8) is 0 Å². The van der Waals surface area contributed by atoms with Crippen molar-refractivity contribution in [2.75, 3.05) is 6.61 Å². The molecule has 0 spiro atoms. The van der Waals surface area contributed by atoms with Gasteiger partial charge in [-0.05, 0) is 39.5 Å². The van der Waals surface area contributed by atoms with E-state index in [1.807, 2.05) is 13.8 Å². The molecule has 6 nitrogen and oxygen atoms in total. The van der Waals surface area contributed by atoms with Crippen LogP contribution in [-0.2, 0) is 9.53 Å². The zero-order chi connectivity index (χ0) is 15.8. The molecule has 0 radical (unpaired) electrons. The molecule has 1 rings (SSSR count). The van der Waals surface area contributed by atoms with Gasteiger partial charge in [0.05, 0.1) is 12.0 Å². The lowest BCUT2D eigenvalue weighted by Crippen LogP contribution is -2.52. The normalized spacial score (nSPS) is 23.8. The maximum atomic E-state index is 11.8. The van der Waals surface area contributed by atoms with Crippen molar-refractivity contribution in [2.24, 2.45) is 5.92 Å². The Morgan fingerprint density at radius 1 is 1.29 bits per heavy atom. The van der Waals surface area contributed by atoms with Gasteiger partial charge < -0.3 is 20.5 Å². The number of carbonyl (C=O) groups is 2. The summed E-state index contributed by atoms with van der Waals surface area (Å²) in [5, 5.41) is 14.6. The predicted octanol–water partition coefficient (Wildman–Crippen LogP) is 2.13. The zero-order valence-corrected chi connectivity index (χ0v) is 13.2. The van der Waals surface area contributed by atoms with E-state index in [0.717, 1.165) is 32.3 Å². The predicted molar refractivity (Wildman–Crippen MR) is 80.2 cm³/mol. The lowest BCUT2D eigenvalue weighted by Gasteiger charge is -2.35. The summed E-state index contributed by atoms with van der Waals surface area (Å²) in [6.45, 7) is 6.34. The number of ether oxygens (including phenoxy) is 1. The number of hydrogen-bond acceptors (Lipinski definition) is 3. The zero-order valence-electron chi connectivity index (χ0n) is 13.2. The van der Waals surface area contributed by atoms with E-state index >= 15 is 0 Å². The number of amides is 2. The minimum absolute atomic E-state index is 0.0498. The van der Waals surface area contributed by atoms with Crippen LogP contribution in [0.25, 0.3) is 0 Å². The van der Waals surface area contributed by atoms with Crippen molar-refractivity contribution in [1.29, 1.82) is 0 Å². The molecule has 2 atom stereocenters. The summed E-state index contributed by atoms with van der Waals surface area (Å²) in [4.78, 5) is 22.5. The molecule has 0 saturated heterocycles. The van der Waals surface area contributed by atoms with Crippen molar-refractivity contribution >= 4 is 12.0 Å². The van der Waals surface area contributed by atoms with Crippen LogP contribution < -0.4 is 10.6 Å². The van der Waals surface area contributed by atoms with Crippen LogP contribution in [0.15, 0.2) is 0 Å².